The Morgan fingerprint density at radius 3 is 2.83 bits per heavy atom. The first-order chi connectivity index (χ1) is 8.75. The summed E-state index contributed by atoms with van der Waals surface area (Å²) in [5.41, 5.74) is 0.704. The van der Waals surface area contributed by atoms with Crippen LogP contribution in [0.2, 0.25) is 0 Å². The zero-order valence-corrected chi connectivity index (χ0v) is 10.5. The molecule has 92 valence electrons. The first kappa shape index (κ1) is 12.4. The largest absolute Gasteiger partial charge is 0.508 e. The number of benzene rings is 1. The van der Waals surface area contributed by atoms with Gasteiger partial charge in [-0.2, -0.15) is 0 Å². The fraction of sp³-hybridized carbons (Fsp3) is 0.0714. The van der Waals surface area contributed by atoms with Crippen LogP contribution in [0.4, 0.5) is 0 Å². The molecule has 4 heteroatoms. The topological polar surface area (TPSA) is 49.3 Å². The van der Waals surface area contributed by atoms with Gasteiger partial charge in [-0.3, -0.25) is 4.79 Å². The summed E-state index contributed by atoms with van der Waals surface area (Å²) < 4.78 is 0. The molecule has 0 spiro atoms. The van der Waals surface area contributed by atoms with Crippen molar-refractivity contribution >= 4 is 23.3 Å². The summed E-state index contributed by atoms with van der Waals surface area (Å²) in [5.74, 6) is 0.0201. The molecule has 0 unspecified atom stereocenters. The Hall–Kier alpha value is -2.07. The molecule has 2 rings (SSSR count). The molecule has 2 N–H and O–H groups in total. The van der Waals surface area contributed by atoms with Gasteiger partial charge in [-0.1, -0.05) is 24.3 Å². The molecule has 1 aromatic carbocycles. The van der Waals surface area contributed by atoms with Crippen molar-refractivity contribution in [1.29, 1.82) is 0 Å². The van der Waals surface area contributed by atoms with Gasteiger partial charge in [0.1, 0.15) is 5.75 Å². The normalized spacial score (nSPS) is 10.7. The second-order valence-corrected chi connectivity index (χ2v) is 4.67. The van der Waals surface area contributed by atoms with Gasteiger partial charge >= 0.3 is 0 Å². The molecule has 0 bridgehead atoms. The van der Waals surface area contributed by atoms with E-state index in [-0.39, 0.29) is 11.7 Å². The first-order valence-corrected chi connectivity index (χ1v) is 6.40. The van der Waals surface area contributed by atoms with Gasteiger partial charge in [0.15, 0.2) is 0 Å². The van der Waals surface area contributed by atoms with E-state index >= 15 is 0 Å². The molecule has 2 aromatic rings. The number of aromatic hydroxyl groups is 1. The summed E-state index contributed by atoms with van der Waals surface area (Å²) in [6.45, 7) is 0.320. The summed E-state index contributed by atoms with van der Waals surface area (Å²) in [4.78, 5) is 12.6. The molecule has 1 amide bonds. The van der Waals surface area contributed by atoms with Crippen molar-refractivity contribution in [1.82, 2.24) is 5.32 Å². The van der Waals surface area contributed by atoms with Crippen molar-refractivity contribution in [3.63, 3.8) is 0 Å². The van der Waals surface area contributed by atoms with Crippen molar-refractivity contribution < 1.29 is 9.90 Å². The molecule has 0 aliphatic rings. The molecular formula is C14H13NO2S. The minimum atomic E-state index is -0.174. The number of para-hydroxylation sites is 1. The molecular weight excluding hydrogens is 246 g/mol. The summed E-state index contributed by atoms with van der Waals surface area (Å²) in [5, 5.41) is 14.2. The summed E-state index contributed by atoms with van der Waals surface area (Å²) >= 11 is 1.58. The average molecular weight is 259 g/mol. The fourth-order valence-electron chi connectivity index (χ4n) is 1.45. The van der Waals surface area contributed by atoms with Crippen molar-refractivity contribution in [2.45, 2.75) is 6.54 Å². The SMILES string of the molecule is O=C(/C=C/c1cccs1)NCc1ccccc1O. The van der Waals surface area contributed by atoms with Gasteiger partial charge in [0.2, 0.25) is 5.91 Å². The highest BCUT2D eigenvalue weighted by Crippen LogP contribution is 2.15. The van der Waals surface area contributed by atoms with Crippen LogP contribution in [-0.4, -0.2) is 11.0 Å². The molecule has 0 radical (unpaired) electrons. The molecule has 1 aromatic heterocycles. The van der Waals surface area contributed by atoms with Crippen LogP contribution >= 0.6 is 11.3 Å². The molecule has 0 saturated carbocycles. The van der Waals surface area contributed by atoms with Crippen molar-refractivity contribution in [3.05, 3.63) is 58.3 Å². The lowest BCUT2D eigenvalue weighted by molar-refractivity contribution is -0.116. The highest BCUT2D eigenvalue weighted by molar-refractivity contribution is 7.10. The predicted octanol–water partition coefficient (Wildman–Crippen LogP) is 2.78. The van der Waals surface area contributed by atoms with E-state index in [1.807, 2.05) is 23.6 Å². The summed E-state index contributed by atoms with van der Waals surface area (Å²) in [6, 6.07) is 10.8. The summed E-state index contributed by atoms with van der Waals surface area (Å²) in [6.07, 6.45) is 3.26. The van der Waals surface area contributed by atoms with Crippen LogP contribution in [0.5, 0.6) is 5.75 Å². The summed E-state index contributed by atoms with van der Waals surface area (Å²) in [7, 11) is 0. The van der Waals surface area contributed by atoms with E-state index < -0.39 is 0 Å². The van der Waals surface area contributed by atoms with Crippen LogP contribution in [0.25, 0.3) is 6.08 Å². The van der Waals surface area contributed by atoms with Crippen molar-refractivity contribution in [2.75, 3.05) is 0 Å². The van der Waals surface area contributed by atoms with E-state index in [2.05, 4.69) is 5.32 Å². The third kappa shape index (κ3) is 3.46. The Bertz CT molecular complexity index is 547. The molecule has 0 atom stereocenters. The van der Waals surface area contributed by atoms with Crippen LogP contribution < -0.4 is 5.32 Å². The zero-order valence-electron chi connectivity index (χ0n) is 9.67. The third-order valence-corrected chi connectivity index (χ3v) is 3.22. The van der Waals surface area contributed by atoms with E-state index in [4.69, 9.17) is 0 Å². The smallest absolute Gasteiger partial charge is 0.244 e. The second-order valence-electron chi connectivity index (χ2n) is 3.70. The molecule has 0 fully saturated rings. The van der Waals surface area contributed by atoms with Crippen LogP contribution in [0.3, 0.4) is 0 Å². The Balaban J connectivity index is 1.87. The Labute approximate surface area is 109 Å². The maximum absolute atomic E-state index is 11.5. The van der Waals surface area contributed by atoms with Crippen molar-refractivity contribution in [3.8, 4) is 5.75 Å². The number of phenolic OH excluding ortho intramolecular Hbond substituents is 1. The minimum absolute atomic E-state index is 0.174. The maximum atomic E-state index is 11.5. The van der Waals surface area contributed by atoms with Gasteiger partial charge in [0.05, 0.1) is 0 Å². The number of thiophene rings is 1. The fourth-order valence-corrected chi connectivity index (χ4v) is 2.06. The lowest BCUT2D eigenvalue weighted by atomic mass is 10.2. The lowest BCUT2D eigenvalue weighted by Gasteiger charge is -2.04. The lowest BCUT2D eigenvalue weighted by Crippen LogP contribution is -2.20. The second kappa shape index (κ2) is 6.02. The highest BCUT2D eigenvalue weighted by Gasteiger charge is 2.01. The number of rotatable bonds is 4. The average Bonchev–Trinajstić information content (AvgIpc) is 2.88. The van der Waals surface area contributed by atoms with Crippen LogP contribution in [0.1, 0.15) is 10.4 Å². The molecule has 0 aliphatic carbocycles. The van der Waals surface area contributed by atoms with Gasteiger partial charge in [-0.05, 0) is 23.6 Å². The first-order valence-electron chi connectivity index (χ1n) is 5.52. The monoisotopic (exact) mass is 259 g/mol. The van der Waals surface area contributed by atoms with Gasteiger partial charge in [-0.15, -0.1) is 11.3 Å². The number of phenols is 1. The predicted molar refractivity (Wildman–Crippen MR) is 73.3 cm³/mol. The van der Waals surface area contributed by atoms with Gasteiger partial charge in [0.25, 0.3) is 0 Å². The highest BCUT2D eigenvalue weighted by atomic mass is 32.1. The van der Waals surface area contributed by atoms with Crippen LogP contribution in [0.15, 0.2) is 47.9 Å². The molecule has 3 nitrogen and oxygen atoms in total. The van der Waals surface area contributed by atoms with Gasteiger partial charge in [-0.25, -0.2) is 0 Å². The van der Waals surface area contributed by atoms with E-state index in [1.165, 1.54) is 6.08 Å². The van der Waals surface area contributed by atoms with Gasteiger partial charge in [0, 0.05) is 23.1 Å². The van der Waals surface area contributed by atoms with E-state index in [9.17, 15) is 9.90 Å². The standard InChI is InChI=1S/C14H13NO2S/c16-13-6-2-1-4-11(13)10-15-14(17)8-7-12-5-3-9-18-12/h1-9,16H,10H2,(H,15,17)/b8-7+. The van der Waals surface area contributed by atoms with E-state index in [1.54, 1.807) is 35.6 Å². The number of hydrogen-bond acceptors (Lipinski definition) is 3. The van der Waals surface area contributed by atoms with E-state index in [0.29, 0.717) is 12.1 Å². The van der Waals surface area contributed by atoms with Crippen molar-refractivity contribution in [2.24, 2.45) is 0 Å². The van der Waals surface area contributed by atoms with Crippen LogP contribution in [-0.2, 0) is 11.3 Å². The molecule has 0 saturated heterocycles. The van der Waals surface area contributed by atoms with E-state index in [0.717, 1.165) is 4.88 Å². The van der Waals surface area contributed by atoms with Gasteiger partial charge < -0.3 is 10.4 Å². The maximum Gasteiger partial charge on any atom is 0.244 e. The van der Waals surface area contributed by atoms with Crippen LogP contribution in [0, 0.1) is 0 Å². The molecule has 1 heterocycles. The quantitative estimate of drug-likeness (QED) is 0.829. The number of carbonyl (C=O) groups is 1. The Morgan fingerprint density at radius 2 is 2.11 bits per heavy atom. The minimum Gasteiger partial charge on any atom is -0.508 e. The number of hydrogen-bond donors (Lipinski definition) is 2. The molecule has 18 heavy (non-hydrogen) atoms. The number of nitrogens with one attached hydrogen (secondary N) is 1. The molecule has 0 aliphatic heterocycles. The third-order valence-electron chi connectivity index (χ3n) is 2.39. The zero-order chi connectivity index (χ0) is 12.8. The Morgan fingerprint density at radius 1 is 1.28 bits per heavy atom. The Kier molecular flexibility index (Phi) is 4.15. The number of carbonyl (C=O) groups excluding carboxylic acids is 1. The number of amides is 1.